The summed E-state index contributed by atoms with van der Waals surface area (Å²) in [7, 11) is 0. The normalized spacial score (nSPS) is 48.0. The highest BCUT2D eigenvalue weighted by molar-refractivity contribution is 4.83. The average Bonchev–Trinajstić information content (AvgIpc) is 2.05. The van der Waals surface area contributed by atoms with E-state index in [0.29, 0.717) is 0 Å². The molecule has 0 bridgehead atoms. The molecule has 0 radical (unpaired) electrons. The first-order chi connectivity index (χ1) is 4.55. The van der Waals surface area contributed by atoms with Crippen molar-refractivity contribution in [2.75, 3.05) is 6.61 Å². The van der Waals surface area contributed by atoms with E-state index in [2.05, 4.69) is 0 Å². The molecule has 0 aromatic rings. The molecular formula is C6H12O4. The van der Waals surface area contributed by atoms with Crippen LogP contribution in [0.3, 0.4) is 0 Å². The fourth-order valence-electron chi connectivity index (χ4n) is 1.13. The van der Waals surface area contributed by atoms with Crippen molar-refractivity contribution in [3.05, 3.63) is 0 Å². The SMILES string of the molecule is C[C@@]1(O)C[C@H](O)[C@@H](CO)O1. The second-order valence-corrected chi connectivity index (χ2v) is 2.79. The Morgan fingerprint density at radius 3 is 2.50 bits per heavy atom. The molecule has 0 amide bonds. The zero-order valence-electron chi connectivity index (χ0n) is 5.82. The molecule has 10 heavy (non-hydrogen) atoms. The van der Waals surface area contributed by atoms with Crippen LogP contribution in [-0.2, 0) is 4.74 Å². The smallest absolute Gasteiger partial charge is 0.165 e. The second kappa shape index (κ2) is 2.47. The largest absolute Gasteiger partial charge is 0.394 e. The van der Waals surface area contributed by atoms with E-state index < -0.39 is 18.0 Å². The van der Waals surface area contributed by atoms with E-state index in [9.17, 15) is 5.11 Å². The number of hydrogen-bond acceptors (Lipinski definition) is 4. The third kappa shape index (κ3) is 1.46. The van der Waals surface area contributed by atoms with Crippen LogP contribution in [-0.4, -0.2) is 39.9 Å². The highest BCUT2D eigenvalue weighted by atomic mass is 16.6. The van der Waals surface area contributed by atoms with Gasteiger partial charge in [-0.15, -0.1) is 0 Å². The van der Waals surface area contributed by atoms with Gasteiger partial charge in [0.15, 0.2) is 5.79 Å². The van der Waals surface area contributed by atoms with Gasteiger partial charge in [0.25, 0.3) is 0 Å². The maximum Gasteiger partial charge on any atom is 0.165 e. The quantitative estimate of drug-likeness (QED) is 0.438. The van der Waals surface area contributed by atoms with Crippen molar-refractivity contribution in [1.29, 1.82) is 0 Å². The minimum Gasteiger partial charge on any atom is -0.394 e. The molecule has 0 unspecified atom stereocenters. The van der Waals surface area contributed by atoms with E-state index in [-0.39, 0.29) is 13.0 Å². The number of ether oxygens (including phenoxy) is 1. The van der Waals surface area contributed by atoms with Crippen molar-refractivity contribution in [3.8, 4) is 0 Å². The Labute approximate surface area is 59.1 Å². The lowest BCUT2D eigenvalue weighted by molar-refractivity contribution is -0.185. The molecule has 0 aromatic carbocycles. The molecule has 4 nitrogen and oxygen atoms in total. The minimum absolute atomic E-state index is 0.165. The van der Waals surface area contributed by atoms with Gasteiger partial charge in [0.05, 0.1) is 12.7 Å². The molecule has 1 saturated heterocycles. The number of hydrogen-bond donors (Lipinski definition) is 3. The summed E-state index contributed by atoms with van der Waals surface area (Å²) in [5, 5.41) is 26.8. The predicted molar refractivity (Wildman–Crippen MR) is 33.2 cm³/mol. The van der Waals surface area contributed by atoms with Gasteiger partial charge >= 0.3 is 0 Å². The van der Waals surface area contributed by atoms with E-state index >= 15 is 0 Å². The van der Waals surface area contributed by atoms with Crippen LogP contribution in [0.1, 0.15) is 13.3 Å². The fourth-order valence-corrected chi connectivity index (χ4v) is 1.13. The predicted octanol–water partition coefficient (Wildman–Crippen LogP) is -1.16. The zero-order chi connectivity index (χ0) is 7.78. The van der Waals surface area contributed by atoms with E-state index in [1.54, 1.807) is 0 Å². The molecule has 4 heteroatoms. The number of aliphatic hydroxyl groups is 3. The standard InChI is InChI=1S/C6H12O4/c1-6(9)2-4(8)5(3-7)10-6/h4-5,7-9H,2-3H2,1H3/t4-,5+,6-/m0/s1. The van der Waals surface area contributed by atoms with Crippen LogP contribution in [0, 0.1) is 0 Å². The molecule has 3 atom stereocenters. The molecule has 1 aliphatic rings. The summed E-state index contributed by atoms with van der Waals surface area (Å²) in [5.74, 6) is -1.27. The van der Waals surface area contributed by atoms with Crippen molar-refractivity contribution in [2.45, 2.75) is 31.3 Å². The number of aliphatic hydroxyl groups excluding tert-OH is 2. The van der Waals surface area contributed by atoms with Gasteiger partial charge < -0.3 is 20.1 Å². The summed E-state index contributed by atoms with van der Waals surface area (Å²) in [4.78, 5) is 0. The third-order valence-electron chi connectivity index (χ3n) is 1.60. The molecule has 1 rings (SSSR count). The van der Waals surface area contributed by atoms with Crippen LogP contribution in [0.5, 0.6) is 0 Å². The summed E-state index contributed by atoms with van der Waals surface area (Å²) in [6.45, 7) is 1.21. The van der Waals surface area contributed by atoms with E-state index in [0.717, 1.165) is 0 Å². The average molecular weight is 148 g/mol. The van der Waals surface area contributed by atoms with Gasteiger partial charge in [-0.25, -0.2) is 0 Å². The van der Waals surface area contributed by atoms with Gasteiger partial charge in [-0.1, -0.05) is 0 Å². The first-order valence-corrected chi connectivity index (χ1v) is 3.24. The van der Waals surface area contributed by atoms with Crippen LogP contribution >= 0.6 is 0 Å². The Balaban J connectivity index is 2.52. The van der Waals surface area contributed by atoms with E-state index in [4.69, 9.17) is 14.9 Å². The maximum absolute atomic E-state index is 9.17. The van der Waals surface area contributed by atoms with Crippen LogP contribution in [0.25, 0.3) is 0 Å². The molecular weight excluding hydrogens is 136 g/mol. The minimum atomic E-state index is -1.27. The molecule has 0 aromatic heterocycles. The Hall–Kier alpha value is -0.160. The molecule has 3 N–H and O–H groups in total. The van der Waals surface area contributed by atoms with Crippen molar-refractivity contribution in [2.24, 2.45) is 0 Å². The van der Waals surface area contributed by atoms with Crippen LogP contribution < -0.4 is 0 Å². The molecule has 0 saturated carbocycles. The Kier molecular flexibility index (Phi) is 1.96. The van der Waals surface area contributed by atoms with Gasteiger partial charge in [-0.2, -0.15) is 0 Å². The van der Waals surface area contributed by atoms with Crippen LogP contribution in [0.4, 0.5) is 0 Å². The Bertz CT molecular complexity index is 123. The van der Waals surface area contributed by atoms with E-state index in [1.807, 2.05) is 0 Å². The van der Waals surface area contributed by atoms with Crippen LogP contribution in [0.2, 0.25) is 0 Å². The molecule has 1 heterocycles. The van der Waals surface area contributed by atoms with Gasteiger partial charge in [-0.3, -0.25) is 0 Å². The molecule has 60 valence electrons. The molecule has 1 fully saturated rings. The highest BCUT2D eigenvalue weighted by Crippen LogP contribution is 2.27. The van der Waals surface area contributed by atoms with Gasteiger partial charge in [0, 0.05) is 6.42 Å². The lowest BCUT2D eigenvalue weighted by Crippen LogP contribution is -2.26. The highest BCUT2D eigenvalue weighted by Gasteiger charge is 2.40. The fraction of sp³-hybridized carbons (Fsp3) is 1.00. The first-order valence-electron chi connectivity index (χ1n) is 3.24. The summed E-state index contributed by atoms with van der Waals surface area (Å²) in [6, 6.07) is 0. The van der Waals surface area contributed by atoms with Crippen molar-refractivity contribution < 1.29 is 20.1 Å². The van der Waals surface area contributed by atoms with E-state index in [1.165, 1.54) is 6.92 Å². The van der Waals surface area contributed by atoms with Gasteiger partial charge in [-0.05, 0) is 6.92 Å². The molecule has 1 aliphatic heterocycles. The Morgan fingerprint density at radius 1 is 1.70 bits per heavy atom. The van der Waals surface area contributed by atoms with Gasteiger partial charge in [0.2, 0.25) is 0 Å². The molecule has 0 spiro atoms. The maximum atomic E-state index is 9.17. The van der Waals surface area contributed by atoms with Crippen LogP contribution in [0.15, 0.2) is 0 Å². The summed E-state index contributed by atoms with van der Waals surface area (Å²) < 4.78 is 4.87. The lowest BCUT2D eigenvalue weighted by atomic mass is 10.1. The topological polar surface area (TPSA) is 69.9 Å². The summed E-state index contributed by atoms with van der Waals surface area (Å²) in [5.41, 5.74) is 0. The zero-order valence-corrected chi connectivity index (χ0v) is 5.82. The second-order valence-electron chi connectivity index (χ2n) is 2.79. The molecule has 0 aliphatic carbocycles. The monoisotopic (exact) mass is 148 g/mol. The number of rotatable bonds is 1. The summed E-state index contributed by atoms with van der Waals surface area (Å²) in [6.07, 6.45) is -1.21. The first kappa shape index (κ1) is 7.94. The van der Waals surface area contributed by atoms with Gasteiger partial charge in [0.1, 0.15) is 6.10 Å². The Morgan fingerprint density at radius 2 is 2.30 bits per heavy atom. The van der Waals surface area contributed by atoms with Crippen molar-refractivity contribution in [1.82, 2.24) is 0 Å². The third-order valence-corrected chi connectivity index (χ3v) is 1.60. The van der Waals surface area contributed by atoms with Crippen molar-refractivity contribution in [3.63, 3.8) is 0 Å². The lowest BCUT2D eigenvalue weighted by Gasteiger charge is -2.15. The van der Waals surface area contributed by atoms with Crippen molar-refractivity contribution >= 4 is 0 Å². The summed E-state index contributed by atoms with van der Waals surface area (Å²) >= 11 is 0.